The van der Waals surface area contributed by atoms with Gasteiger partial charge in [-0.25, -0.2) is 9.97 Å². The predicted octanol–water partition coefficient (Wildman–Crippen LogP) is 3.62. The van der Waals surface area contributed by atoms with Crippen LogP contribution in [-0.4, -0.2) is 28.0 Å². The van der Waals surface area contributed by atoms with Gasteiger partial charge in [-0.05, 0) is 36.1 Å². The molecule has 1 saturated heterocycles. The van der Waals surface area contributed by atoms with Crippen LogP contribution in [0.1, 0.15) is 18.9 Å². The Morgan fingerprint density at radius 3 is 2.76 bits per heavy atom. The summed E-state index contributed by atoms with van der Waals surface area (Å²) in [6, 6.07) is 11.1. The van der Waals surface area contributed by atoms with E-state index in [4.69, 9.17) is 4.98 Å². The van der Waals surface area contributed by atoms with E-state index < -0.39 is 5.95 Å². The maximum Gasteiger partial charge on any atom is 0.225 e. The molecular formula is C19H20FN5. The molecule has 6 heteroatoms. The number of hydrogen-bond acceptors (Lipinski definition) is 5. The van der Waals surface area contributed by atoms with Crippen LogP contribution in [0.3, 0.4) is 0 Å². The first kappa shape index (κ1) is 15.7. The van der Waals surface area contributed by atoms with E-state index in [1.54, 1.807) is 6.07 Å². The van der Waals surface area contributed by atoms with Crippen LogP contribution in [0.2, 0.25) is 0 Å². The molecular weight excluding hydrogens is 317 g/mol. The molecule has 0 amide bonds. The largest absolute Gasteiger partial charge is 0.355 e. The van der Waals surface area contributed by atoms with Gasteiger partial charge < -0.3 is 10.2 Å². The molecule has 2 aromatic heterocycles. The summed E-state index contributed by atoms with van der Waals surface area (Å²) in [5.41, 5.74) is 1.81. The van der Waals surface area contributed by atoms with Crippen molar-refractivity contribution in [3.8, 4) is 0 Å². The fraction of sp³-hybridized carbons (Fsp3) is 0.316. The molecule has 4 rings (SSSR count). The van der Waals surface area contributed by atoms with Gasteiger partial charge in [0.15, 0.2) is 0 Å². The lowest BCUT2D eigenvalue weighted by Gasteiger charge is -2.40. The highest BCUT2D eigenvalue weighted by atomic mass is 19.1. The second-order valence-corrected chi connectivity index (χ2v) is 6.41. The maximum atomic E-state index is 12.9. The molecule has 128 valence electrons. The first-order valence-electron chi connectivity index (χ1n) is 8.59. The van der Waals surface area contributed by atoms with Gasteiger partial charge in [-0.3, -0.25) is 0 Å². The Balaban J connectivity index is 1.59. The maximum absolute atomic E-state index is 12.9. The molecule has 0 aliphatic carbocycles. The molecule has 1 aromatic carbocycles. The normalized spacial score (nSPS) is 14.6. The Morgan fingerprint density at radius 1 is 1.16 bits per heavy atom. The third kappa shape index (κ3) is 3.24. The van der Waals surface area contributed by atoms with Gasteiger partial charge in [0.1, 0.15) is 5.82 Å². The standard InChI is InChI=1S/C19H20FN5/c1-2-13-11-25(12-13)18-15-5-3-4-6-16(15)23-19(24-18)22-10-14-7-8-17(20)21-9-14/h3-9,13H,2,10-12H2,1H3,(H,22,23,24). The van der Waals surface area contributed by atoms with Gasteiger partial charge in [-0.1, -0.05) is 25.1 Å². The Hall–Kier alpha value is -2.76. The molecule has 0 radical (unpaired) electrons. The van der Waals surface area contributed by atoms with Crippen molar-refractivity contribution in [2.24, 2.45) is 5.92 Å². The third-order valence-electron chi connectivity index (χ3n) is 4.66. The molecule has 3 aromatic rings. The number of pyridine rings is 1. The molecule has 0 unspecified atom stereocenters. The van der Waals surface area contributed by atoms with Gasteiger partial charge in [-0.2, -0.15) is 9.37 Å². The lowest BCUT2D eigenvalue weighted by molar-refractivity contribution is 0.397. The Labute approximate surface area is 145 Å². The van der Waals surface area contributed by atoms with Gasteiger partial charge >= 0.3 is 0 Å². The number of rotatable bonds is 5. The van der Waals surface area contributed by atoms with E-state index >= 15 is 0 Å². The van der Waals surface area contributed by atoms with Gasteiger partial charge in [0, 0.05) is 31.2 Å². The minimum atomic E-state index is -0.476. The Bertz CT molecular complexity index is 875. The number of halogens is 1. The SMILES string of the molecule is CCC1CN(c2nc(NCc3ccc(F)nc3)nc3ccccc23)C1. The second kappa shape index (κ2) is 6.63. The van der Waals surface area contributed by atoms with Crippen molar-refractivity contribution >= 4 is 22.7 Å². The minimum absolute atomic E-state index is 0.476. The highest BCUT2D eigenvalue weighted by Gasteiger charge is 2.27. The summed E-state index contributed by atoms with van der Waals surface area (Å²) in [7, 11) is 0. The number of nitrogens with zero attached hydrogens (tertiary/aromatic N) is 4. The number of para-hydroxylation sites is 1. The summed E-state index contributed by atoms with van der Waals surface area (Å²) in [5, 5.41) is 4.30. The fourth-order valence-electron chi connectivity index (χ4n) is 3.07. The molecule has 0 saturated carbocycles. The number of fused-ring (bicyclic) bond motifs is 1. The molecule has 1 aliphatic rings. The van der Waals surface area contributed by atoms with Crippen LogP contribution >= 0.6 is 0 Å². The molecule has 0 bridgehead atoms. The highest BCUT2D eigenvalue weighted by molar-refractivity contribution is 5.90. The first-order valence-corrected chi connectivity index (χ1v) is 8.59. The quantitative estimate of drug-likeness (QED) is 0.721. The monoisotopic (exact) mass is 337 g/mol. The van der Waals surface area contributed by atoms with Crippen molar-refractivity contribution in [3.05, 3.63) is 54.1 Å². The molecule has 1 aliphatic heterocycles. The third-order valence-corrected chi connectivity index (χ3v) is 4.66. The van der Waals surface area contributed by atoms with Crippen molar-refractivity contribution in [2.45, 2.75) is 19.9 Å². The summed E-state index contributed by atoms with van der Waals surface area (Å²) in [4.78, 5) is 15.3. The Kier molecular flexibility index (Phi) is 4.17. The van der Waals surface area contributed by atoms with Crippen molar-refractivity contribution < 1.29 is 4.39 Å². The summed E-state index contributed by atoms with van der Waals surface area (Å²) in [6.07, 6.45) is 2.72. The van der Waals surface area contributed by atoms with Crippen LogP contribution in [0.15, 0.2) is 42.6 Å². The second-order valence-electron chi connectivity index (χ2n) is 6.41. The van der Waals surface area contributed by atoms with Gasteiger partial charge in [0.25, 0.3) is 0 Å². The summed E-state index contributed by atoms with van der Waals surface area (Å²) < 4.78 is 12.9. The summed E-state index contributed by atoms with van der Waals surface area (Å²) in [5.74, 6) is 1.83. The lowest BCUT2D eigenvalue weighted by atomic mass is 9.97. The number of hydrogen-bond donors (Lipinski definition) is 1. The fourth-order valence-corrected chi connectivity index (χ4v) is 3.07. The average Bonchev–Trinajstić information content (AvgIpc) is 2.60. The van der Waals surface area contributed by atoms with Crippen molar-refractivity contribution in [2.75, 3.05) is 23.3 Å². The minimum Gasteiger partial charge on any atom is -0.355 e. The molecule has 1 fully saturated rings. The van der Waals surface area contributed by atoms with E-state index in [0.29, 0.717) is 12.5 Å². The van der Waals surface area contributed by atoms with E-state index in [-0.39, 0.29) is 0 Å². The number of benzene rings is 1. The van der Waals surface area contributed by atoms with Crippen LogP contribution in [0, 0.1) is 11.9 Å². The van der Waals surface area contributed by atoms with E-state index in [1.165, 1.54) is 18.7 Å². The smallest absolute Gasteiger partial charge is 0.225 e. The summed E-state index contributed by atoms with van der Waals surface area (Å²) >= 11 is 0. The summed E-state index contributed by atoms with van der Waals surface area (Å²) in [6.45, 7) is 4.81. The number of anilines is 2. The van der Waals surface area contributed by atoms with Gasteiger partial charge in [0.2, 0.25) is 11.9 Å². The van der Waals surface area contributed by atoms with E-state index in [1.807, 2.05) is 18.2 Å². The van der Waals surface area contributed by atoms with Crippen LogP contribution < -0.4 is 10.2 Å². The lowest BCUT2D eigenvalue weighted by Crippen LogP contribution is -2.47. The van der Waals surface area contributed by atoms with Crippen LogP contribution in [0.25, 0.3) is 10.9 Å². The first-order chi connectivity index (χ1) is 12.2. The average molecular weight is 337 g/mol. The molecule has 5 nitrogen and oxygen atoms in total. The molecule has 1 N–H and O–H groups in total. The van der Waals surface area contributed by atoms with Crippen LogP contribution in [0.4, 0.5) is 16.2 Å². The molecule has 3 heterocycles. The molecule has 0 spiro atoms. The van der Waals surface area contributed by atoms with E-state index in [0.717, 1.165) is 41.3 Å². The zero-order valence-corrected chi connectivity index (χ0v) is 14.1. The van der Waals surface area contributed by atoms with Gasteiger partial charge in [0.05, 0.1) is 5.52 Å². The Morgan fingerprint density at radius 2 is 2.00 bits per heavy atom. The van der Waals surface area contributed by atoms with Crippen molar-refractivity contribution in [1.82, 2.24) is 15.0 Å². The highest BCUT2D eigenvalue weighted by Crippen LogP contribution is 2.31. The molecule has 0 atom stereocenters. The number of aromatic nitrogens is 3. The van der Waals surface area contributed by atoms with Crippen molar-refractivity contribution in [3.63, 3.8) is 0 Å². The van der Waals surface area contributed by atoms with E-state index in [9.17, 15) is 4.39 Å². The zero-order chi connectivity index (χ0) is 17.2. The number of nitrogens with one attached hydrogen (secondary N) is 1. The van der Waals surface area contributed by atoms with Crippen LogP contribution in [-0.2, 0) is 6.54 Å². The van der Waals surface area contributed by atoms with Crippen molar-refractivity contribution in [1.29, 1.82) is 0 Å². The zero-order valence-electron chi connectivity index (χ0n) is 14.1. The van der Waals surface area contributed by atoms with E-state index in [2.05, 4.69) is 33.2 Å². The predicted molar refractivity (Wildman–Crippen MR) is 97.1 cm³/mol. The molecule has 25 heavy (non-hydrogen) atoms. The van der Waals surface area contributed by atoms with Gasteiger partial charge in [-0.15, -0.1) is 0 Å². The topological polar surface area (TPSA) is 53.9 Å². The van der Waals surface area contributed by atoms with Crippen LogP contribution in [0.5, 0.6) is 0 Å².